The molecule has 2 N–H and O–H groups in total. The Morgan fingerprint density at radius 2 is 1.79 bits per heavy atom. The van der Waals surface area contributed by atoms with Crippen LogP contribution in [0.5, 0.6) is 11.5 Å². The van der Waals surface area contributed by atoms with Crippen LogP contribution in [0.15, 0.2) is 18.2 Å². The molecule has 6 rings (SSSR count). The first-order valence-corrected chi connectivity index (χ1v) is 11.0. The minimum atomic E-state index is -0.0447. The van der Waals surface area contributed by atoms with Gasteiger partial charge in [-0.3, -0.25) is 4.79 Å². The highest BCUT2D eigenvalue weighted by molar-refractivity contribution is 5.83. The number of benzene rings is 1. The van der Waals surface area contributed by atoms with Gasteiger partial charge >= 0.3 is 0 Å². The number of carbonyl (C=O) groups excluding carboxylic acids is 1. The van der Waals surface area contributed by atoms with Crippen LogP contribution >= 0.6 is 0 Å². The van der Waals surface area contributed by atoms with Crippen molar-refractivity contribution in [2.75, 3.05) is 26.2 Å². The van der Waals surface area contributed by atoms with E-state index in [1.807, 2.05) is 18.2 Å². The van der Waals surface area contributed by atoms with Crippen LogP contribution in [0, 0.1) is 30.1 Å². The van der Waals surface area contributed by atoms with E-state index in [1.165, 1.54) is 24.8 Å². The molecular formula is C23H32N2O3. The molecule has 0 aromatic heterocycles. The summed E-state index contributed by atoms with van der Waals surface area (Å²) in [5.41, 5.74) is 1.13. The third-order valence-electron chi connectivity index (χ3n) is 7.30. The van der Waals surface area contributed by atoms with Gasteiger partial charge in [0.25, 0.3) is 0 Å². The minimum absolute atomic E-state index is 0.00839. The Morgan fingerprint density at radius 3 is 2.50 bits per heavy atom. The predicted octanol–water partition coefficient (Wildman–Crippen LogP) is 3.06. The summed E-state index contributed by atoms with van der Waals surface area (Å²) < 4.78 is 11.8. The molecule has 1 aromatic rings. The molecule has 5 aliphatic rings. The average Bonchev–Trinajstić information content (AvgIpc) is 2.66. The van der Waals surface area contributed by atoms with E-state index < -0.39 is 0 Å². The molecular weight excluding hydrogens is 352 g/mol. The Bertz CT molecular complexity index is 712. The summed E-state index contributed by atoms with van der Waals surface area (Å²) in [6.45, 7) is 4.78. The van der Waals surface area contributed by atoms with Crippen LogP contribution in [0.25, 0.3) is 0 Å². The van der Waals surface area contributed by atoms with Crippen LogP contribution in [-0.4, -0.2) is 38.3 Å². The summed E-state index contributed by atoms with van der Waals surface area (Å²) in [6.07, 6.45) is 7.52. The van der Waals surface area contributed by atoms with Crippen LogP contribution in [0.2, 0.25) is 0 Å². The van der Waals surface area contributed by atoms with Gasteiger partial charge in [-0.15, -0.1) is 0 Å². The number of aryl methyl sites for hydroxylation is 1. The third-order valence-corrected chi connectivity index (χ3v) is 7.30. The molecule has 1 amide bonds. The molecule has 5 nitrogen and oxygen atoms in total. The van der Waals surface area contributed by atoms with Crippen LogP contribution in [0.4, 0.5) is 0 Å². The van der Waals surface area contributed by atoms with Gasteiger partial charge in [0.05, 0.1) is 0 Å². The molecule has 0 radical (unpaired) electrons. The molecule has 4 aliphatic carbocycles. The highest BCUT2D eigenvalue weighted by atomic mass is 16.6. The van der Waals surface area contributed by atoms with Crippen molar-refractivity contribution < 1.29 is 14.3 Å². The lowest BCUT2D eigenvalue weighted by atomic mass is 9.49. The zero-order valence-electron chi connectivity index (χ0n) is 16.8. The summed E-state index contributed by atoms with van der Waals surface area (Å²) in [5.74, 6) is 4.40. The molecule has 152 valence electrons. The van der Waals surface area contributed by atoms with E-state index in [0.717, 1.165) is 61.6 Å². The molecule has 28 heavy (non-hydrogen) atoms. The molecule has 4 bridgehead atoms. The predicted molar refractivity (Wildman–Crippen MR) is 108 cm³/mol. The van der Waals surface area contributed by atoms with E-state index in [-0.39, 0.29) is 11.5 Å². The maximum Gasteiger partial charge on any atom is 0.226 e. The molecule has 1 heterocycles. The average molecular weight is 385 g/mol. The lowest BCUT2D eigenvalue weighted by Gasteiger charge is -2.55. The van der Waals surface area contributed by atoms with Gasteiger partial charge in [-0.2, -0.15) is 0 Å². The van der Waals surface area contributed by atoms with Crippen LogP contribution < -0.4 is 20.1 Å². The van der Waals surface area contributed by atoms with Crippen molar-refractivity contribution in [2.24, 2.45) is 23.2 Å². The fourth-order valence-electron chi connectivity index (χ4n) is 6.43. The van der Waals surface area contributed by atoms with E-state index in [0.29, 0.717) is 19.1 Å². The Hall–Kier alpha value is -1.75. The normalized spacial score (nSPS) is 35.0. The second-order valence-corrected chi connectivity index (χ2v) is 9.66. The van der Waals surface area contributed by atoms with Gasteiger partial charge in [0.15, 0.2) is 11.5 Å². The lowest BCUT2D eigenvalue weighted by molar-refractivity contribution is -0.146. The molecule has 1 aliphatic heterocycles. The third kappa shape index (κ3) is 3.49. The molecule has 1 aromatic carbocycles. The van der Waals surface area contributed by atoms with Crippen molar-refractivity contribution in [1.82, 2.24) is 10.6 Å². The Labute approximate surface area is 167 Å². The first-order valence-electron chi connectivity index (χ1n) is 11.0. The standard InChI is InChI=1S/C23H32N2O3/c1-15-2-3-20-21(6-15)27-14-19(28-20)13-24-4-5-25-22(26)23-10-16-7-17(11-23)9-18(8-16)12-23/h2-3,6,16-19,24H,4-5,7-14H2,1H3,(H,25,26). The van der Waals surface area contributed by atoms with E-state index in [9.17, 15) is 4.79 Å². The Balaban J connectivity index is 1.05. The zero-order chi connectivity index (χ0) is 19.1. The van der Waals surface area contributed by atoms with E-state index in [1.54, 1.807) is 0 Å². The zero-order valence-corrected chi connectivity index (χ0v) is 16.8. The molecule has 1 atom stereocenters. The largest absolute Gasteiger partial charge is 0.486 e. The maximum atomic E-state index is 12.9. The SMILES string of the molecule is Cc1ccc2c(c1)OCC(CNCCNC(=O)C13CC4CC(CC(C4)C1)C3)O2. The summed E-state index contributed by atoms with van der Waals surface area (Å²) >= 11 is 0. The molecule has 5 heteroatoms. The second-order valence-electron chi connectivity index (χ2n) is 9.66. The van der Waals surface area contributed by atoms with Gasteiger partial charge in [0.1, 0.15) is 12.7 Å². The highest BCUT2D eigenvalue weighted by Crippen LogP contribution is 2.60. The molecule has 1 unspecified atom stereocenters. The highest BCUT2D eigenvalue weighted by Gasteiger charge is 2.54. The van der Waals surface area contributed by atoms with Crippen molar-refractivity contribution in [3.63, 3.8) is 0 Å². The van der Waals surface area contributed by atoms with Crippen LogP contribution in [-0.2, 0) is 4.79 Å². The van der Waals surface area contributed by atoms with Gasteiger partial charge in [-0.05, 0) is 80.9 Å². The fraction of sp³-hybridized carbons (Fsp3) is 0.696. The molecule has 4 fully saturated rings. The first-order chi connectivity index (χ1) is 13.6. The number of fused-ring (bicyclic) bond motifs is 1. The maximum absolute atomic E-state index is 12.9. The second kappa shape index (κ2) is 7.25. The van der Waals surface area contributed by atoms with Crippen molar-refractivity contribution in [3.05, 3.63) is 23.8 Å². The first kappa shape index (κ1) is 18.3. The minimum Gasteiger partial charge on any atom is -0.486 e. The monoisotopic (exact) mass is 384 g/mol. The Morgan fingerprint density at radius 1 is 1.07 bits per heavy atom. The van der Waals surface area contributed by atoms with E-state index in [4.69, 9.17) is 9.47 Å². The van der Waals surface area contributed by atoms with Crippen molar-refractivity contribution >= 4 is 5.91 Å². The van der Waals surface area contributed by atoms with Gasteiger partial charge in [0.2, 0.25) is 5.91 Å². The van der Waals surface area contributed by atoms with Crippen LogP contribution in [0.1, 0.15) is 44.1 Å². The Kier molecular flexibility index (Phi) is 4.74. The van der Waals surface area contributed by atoms with Gasteiger partial charge in [0, 0.05) is 25.0 Å². The molecule has 0 spiro atoms. The molecule has 0 saturated heterocycles. The summed E-state index contributed by atoms with van der Waals surface area (Å²) in [5, 5.41) is 6.63. The quantitative estimate of drug-likeness (QED) is 0.740. The number of nitrogens with one attached hydrogen (secondary N) is 2. The number of carbonyl (C=O) groups is 1. The number of amides is 1. The van der Waals surface area contributed by atoms with E-state index >= 15 is 0 Å². The summed E-state index contributed by atoms with van der Waals surface area (Å²) in [4.78, 5) is 12.9. The van der Waals surface area contributed by atoms with Crippen LogP contribution in [0.3, 0.4) is 0 Å². The smallest absolute Gasteiger partial charge is 0.226 e. The van der Waals surface area contributed by atoms with Crippen molar-refractivity contribution in [3.8, 4) is 11.5 Å². The van der Waals surface area contributed by atoms with Crippen molar-refractivity contribution in [2.45, 2.75) is 51.6 Å². The number of rotatable bonds is 6. The van der Waals surface area contributed by atoms with E-state index in [2.05, 4.69) is 17.6 Å². The van der Waals surface area contributed by atoms with Gasteiger partial charge < -0.3 is 20.1 Å². The lowest BCUT2D eigenvalue weighted by Crippen LogP contribution is -2.54. The fourth-order valence-corrected chi connectivity index (χ4v) is 6.43. The number of hydrogen-bond acceptors (Lipinski definition) is 4. The van der Waals surface area contributed by atoms with Crippen molar-refractivity contribution in [1.29, 1.82) is 0 Å². The topological polar surface area (TPSA) is 59.6 Å². The number of ether oxygens (including phenoxy) is 2. The molecule has 4 saturated carbocycles. The van der Waals surface area contributed by atoms with Gasteiger partial charge in [-0.1, -0.05) is 6.07 Å². The number of hydrogen-bond donors (Lipinski definition) is 2. The summed E-state index contributed by atoms with van der Waals surface area (Å²) in [6, 6.07) is 6.03. The summed E-state index contributed by atoms with van der Waals surface area (Å²) in [7, 11) is 0. The van der Waals surface area contributed by atoms with Gasteiger partial charge in [-0.25, -0.2) is 0 Å².